The van der Waals surface area contributed by atoms with Crippen molar-refractivity contribution in [2.45, 2.75) is 32.7 Å². The van der Waals surface area contributed by atoms with Crippen LogP contribution in [0, 0.1) is 5.92 Å². The van der Waals surface area contributed by atoms with Crippen LogP contribution in [0.4, 0.5) is 0 Å². The van der Waals surface area contributed by atoms with Crippen molar-refractivity contribution in [2.24, 2.45) is 5.92 Å². The molecule has 0 aliphatic carbocycles. The summed E-state index contributed by atoms with van der Waals surface area (Å²) in [6.45, 7) is 5.85. The van der Waals surface area contributed by atoms with Crippen LogP contribution in [0.1, 0.15) is 26.7 Å². The van der Waals surface area contributed by atoms with Crippen molar-refractivity contribution in [3.05, 3.63) is 0 Å². The molecular weight excluding hydrogens is 224 g/mol. The van der Waals surface area contributed by atoms with E-state index >= 15 is 0 Å². The minimum Gasteiger partial charge on any atom is -0.481 e. The zero-order chi connectivity index (χ0) is 13.3. The van der Waals surface area contributed by atoms with Crippen molar-refractivity contribution < 1.29 is 19.8 Å². The molecule has 0 spiro atoms. The van der Waals surface area contributed by atoms with Gasteiger partial charge in [0.05, 0.1) is 0 Å². The lowest BCUT2D eigenvalue weighted by Gasteiger charge is -2.25. The molecule has 0 bridgehead atoms. The van der Waals surface area contributed by atoms with Gasteiger partial charge in [-0.2, -0.15) is 0 Å². The fourth-order valence-corrected chi connectivity index (χ4v) is 1.95. The van der Waals surface area contributed by atoms with Crippen LogP contribution in [0.5, 0.6) is 0 Å². The van der Waals surface area contributed by atoms with Gasteiger partial charge in [-0.1, -0.05) is 0 Å². The van der Waals surface area contributed by atoms with Gasteiger partial charge in [-0.25, -0.2) is 0 Å². The zero-order valence-corrected chi connectivity index (χ0v) is 10.4. The first kappa shape index (κ1) is 15.9. The lowest BCUT2D eigenvalue weighted by atomic mass is 9.94. The number of fused-ring (bicyclic) bond motifs is 1. The van der Waals surface area contributed by atoms with Crippen LogP contribution >= 0.6 is 0 Å². The summed E-state index contributed by atoms with van der Waals surface area (Å²) in [6.07, 6.45) is 2.80. The topological polar surface area (TPSA) is 98.7 Å². The predicted octanol–water partition coefficient (Wildman–Crippen LogP) is 0.140. The fourth-order valence-electron chi connectivity index (χ4n) is 1.95. The lowest BCUT2D eigenvalue weighted by molar-refractivity contribution is -0.135. The Morgan fingerprint density at radius 3 is 2.00 bits per heavy atom. The number of aliphatic carboxylic acids is 2. The highest BCUT2D eigenvalue weighted by atomic mass is 16.4. The molecule has 100 valence electrons. The summed E-state index contributed by atoms with van der Waals surface area (Å²) in [7, 11) is 0. The third-order valence-corrected chi connectivity index (χ3v) is 2.55. The van der Waals surface area contributed by atoms with Crippen molar-refractivity contribution in [1.29, 1.82) is 0 Å². The summed E-state index contributed by atoms with van der Waals surface area (Å²) in [5.74, 6) is -0.675. The second-order valence-electron chi connectivity index (χ2n) is 4.14. The van der Waals surface area contributed by atoms with Crippen molar-refractivity contribution in [2.75, 3.05) is 19.6 Å². The number of carbonyl (C=O) groups is 2. The molecule has 0 aromatic rings. The van der Waals surface area contributed by atoms with E-state index in [1.165, 1.54) is 32.5 Å². The van der Waals surface area contributed by atoms with Gasteiger partial charge in [-0.15, -0.1) is 0 Å². The SMILES string of the molecule is C1CC2CCNC2CN1.CC(=O)O.CC(=O)O. The third-order valence-electron chi connectivity index (χ3n) is 2.55. The minimum absolute atomic E-state index is 0.804. The van der Waals surface area contributed by atoms with Crippen LogP contribution in [0.2, 0.25) is 0 Å². The monoisotopic (exact) mass is 246 g/mol. The number of nitrogens with one attached hydrogen (secondary N) is 2. The van der Waals surface area contributed by atoms with Crippen molar-refractivity contribution in [1.82, 2.24) is 10.6 Å². The van der Waals surface area contributed by atoms with Gasteiger partial charge in [0.1, 0.15) is 0 Å². The van der Waals surface area contributed by atoms with Gasteiger partial charge in [-0.3, -0.25) is 9.59 Å². The van der Waals surface area contributed by atoms with Gasteiger partial charge in [-0.05, 0) is 31.8 Å². The van der Waals surface area contributed by atoms with E-state index in [9.17, 15) is 0 Å². The van der Waals surface area contributed by atoms with Crippen LogP contribution < -0.4 is 10.6 Å². The Kier molecular flexibility index (Phi) is 8.35. The predicted molar refractivity (Wildman–Crippen MR) is 64.0 cm³/mol. The second-order valence-corrected chi connectivity index (χ2v) is 4.14. The Bertz CT molecular complexity index is 214. The van der Waals surface area contributed by atoms with Gasteiger partial charge in [0, 0.05) is 26.4 Å². The molecule has 2 unspecified atom stereocenters. The molecule has 6 nitrogen and oxygen atoms in total. The normalized spacial score (nSPS) is 25.5. The third kappa shape index (κ3) is 9.77. The maximum Gasteiger partial charge on any atom is 0.300 e. The van der Waals surface area contributed by atoms with E-state index in [0.29, 0.717) is 0 Å². The average Bonchev–Trinajstić information content (AvgIpc) is 2.62. The highest BCUT2D eigenvalue weighted by Gasteiger charge is 2.28. The van der Waals surface area contributed by atoms with Crippen LogP contribution in [0.15, 0.2) is 0 Å². The number of carboxylic acids is 2. The van der Waals surface area contributed by atoms with Crippen LogP contribution in [-0.2, 0) is 9.59 Å². The molecule has 2 aliphatic rings. The molecule has 4 N–H and O–H groups in total. The molecule has 0 aromatic carbocycles. The van der Waals surface area contributed by atoms with E-state index in [1.54, 1.807) is 0 Å². The smallest absolute Gasteiger partial charge is 0.300 e. The van der Waals surface area contributed by atoms with Gasteiger partial charge < -0.3 is 20.8 Å². The number of hydrogen-bond donors (Lipinski definition) is 4. The molecule has 0 amide bonds. The molecule has 0 aromatic heterocycles. The summed E-state index contributed by atoms with van der Waals surface area (Å²) in [4.78, 5) is 18.0. The average molecular weight is 246 g/mol. The van der Waals surface area contributed by atoms with Gasteiger partial charge >= 0.3 is 0 Å². The first-order chi connectivity index (χ1) is 7.93. The van der Waals surface area contributed by atoms with E-state index in [1.807, 2.05) is 0 Å². The van der Waals surface area contributed by atoms with Crippen molar-refractivity contribution in [3.63, 3.8) is 0 Å². The second kappa shape index (κ2) is 8.95. The molecule has 17 heavy (non-hydrogen) atoms. The first-order valence-corrected chi connectivity index (χ1v) is 5.76. The number of piperidine rings is 1. The lowest BCUT2D eigenvalue weighted by Crippen LogP contribution is -2.43. The largest absolute Gasteiger partial charge is 0.481 e. The standard InChI is InChI=1S/C7H14N2.2C2H4O2/c1-3-8-5-7-6(1)2-4-9-7;2*1-2(3)4/h6-9H,1-5H2;2*1H3,(H,3,4). The van der Waals surface area contributed by atoms with Gasteiger partial charge in [0.15, 0.2) is 0 Å². The molecule has 2 heterocycles. The summed E-state index contributed by atoms with van der Waals surface area (Å²) in [6, 6.07) is 0.804. The summed E-state index contributed by atoms with van der Waals surface area (Å²) >= 11 is 0. The summed E-state index contributed by atoms with van der Waals surface area (Å²) < 4.78 is 0. The Balaban J connectivity index is 0.000000274. The Morgan fingerprint density at radius 1 is 1.06 bits per heavy atom. The molecule has 2 fully saturated rings. The van der Waals surface area contributed by atoms with Crippen LogP contribution in [0.3, 0.4) is 0 Å². The Hall–Kier alpha value is -1.14. The van der Waals surface area contributed by atoms with Crippen LogP contribution in [0.25, 0.3) is 0 Å². The van der Waals surface area contributed by atoms with Crippen molar-refractivity contribution >= 4 is 11.9 Å². The van der Waals surface area contributed by atoms with E-state index in [4.69, 9.17) is 19.8 Å². The van der Waals surface area contributed by atoms with Gasteiger partial charge in [0.25, 0.3) is 11.9 Å². The van der Waals surface area contributed by atoms with Gasteiger partial charge in [0.2, 0.25) is 0 Å². The van der Waals surface area contributed by atoms with E-state index in [2.05, 4.69) is 10.6 Å². The number of hydrogen-bond acceptors (Lipinski definition) is 4. The van der Waals surface area contributed by atoms with E-state index in [-0.39, 0.29) is 0 Å². The van der Waals surface area contributed by atoms with E-state index in [0.717, 1.165) is 25.8 Å². The summed E-state index contributed by atoms with van der Waals surface area (Å²) in [5, 5.41) is 21.7. The maximum absolute atomic E-state index is 9.00. The van der Waals surface area contributed by atoms with Crippen molar-refractivity contribution in [3.8, 4) is 0 Å². The molecule has 2 atom stereocenters. The number of carboxylic acid groups (broad SMARTS) is 2. The molecule has 2 aliphatic heterocycles. The quantitative estimate of drug-likeness (QED) is 0.485. The molecule has 2 saturated heterocycles. The van der Waals surface area contributed by atoms with E-state index < -0.39 is 11.9 Å². The molecule has 2 rings (SSSR count). The molecule has 6 heteroatoms. The van der Waals surface area contributed by atoms with Crippen LogP contribution in [-0.4, -0.2) is 47.8 Å². The zero-order valence-electron chi connectivity index (χ0n) is 10.4. The minimum atomic E-state index is -0.833. The number of rotatable bonds is 0. The summed E-state index contributed by atoms with van der Waals surface area (Å²) in [5.41, 5.74) is 0. The Morgan fingerprint density at radius 2 is 1.53 bits per heavy atom. The highest BCUT2D eigenvalue weighted by molar-refractivity contribution is 5.63. The molecule has 0 saturated carbocycles. The maximum atomic E-state index is 9.00. The molecule has 0 radical (unpaired) electrons. The highest BCUT2D eigenvalue weighted by Crippen LogP contribution is 2.20. The fraction of sp³-hybridized carbons (Fsp3) is 0.818. The molecular formula is C11H22N2O4. The Labute approximate surface area is 101 Å². The first-order valence-electron chi connectivity index (χ1n) is 5.76.